The summed E-state index contributed by atoms with van der Waals surface area (Å²) in [4.78, 5) is 55.6. The Morgan fingerprint density at radius 3 is 2.69 bits per heavy atom. The van der Waals surface area contributed by atoms with Crippen molar-refractivity contribution in [3.8, 4) is 17.5 Å². The molecule has 39 heavy (non-hydrogen) atoms. The van der Waals surface area contributed by atoms with E-state index in [0.717, 1.165) is 0 Å². The number of non-ortho nitro benzene ring substituents is 1. The number of hydrogen-bond acceptors (Lipinski definition) is 9. The van der Waals surface area contributed by atoms with Crippen LogP contribution in [0, 0.1) is 21.4 Å². The first-order valence-electron chi connectivity index (χ1n) is 12.0. The van der Waals surface area contributed by atoms with Gasteiger partial charge in [-0.15, -0.1) is 0 Å². The number of pyridine rings is 2. The highest BCUT2D eigenvalue weighted by molar-refractivity contribution is 5.94. The van der Waals surface area contributed by atoms with E-state index in [4.69, 9.17) is 14.7 Å². The van der Waals surface area contributed by atoms with Crippen molar-refractivity contribution in [2.45, 2.75) is 32.1 Å². The van der Waals surface area contributed by atoms with Crippen LogP contribution in [0.3, 0.4) is 0 Å². The second kappa shape index (κ2) is 8.59. The number of nitrogens with zero attached hydrogens (tertiary/aromatic N) is 4. The van der Waals surface area contributed by atoms with Crippen LogP contribution < -0.4 is 5.56 Å². The monoisotopic (exact) mass is 522 g/mol. The van der Waals surface area contributed by atoms with Gasteiger partial charge in [0.05, 0.1) is 56.5 Å². The lowest BCUT2D eigenvalue weighted by Gasteiger charge is -2.35. The maximum atomic E-state index is 13.6. The van der Waals surface area contributed by atoms with E-state index < -0.39 is 28.0 Å². The van der Waals surface area contributed by atoms with Crippen LogP contribution >= 0.6 is 0 Å². The molecule has 0 N–H and O–H groups in total. The van der Waals surface area contributed by atoms with Gasteiger partial charge in [0.15, 0.2) is 0 Å². The Labute approximate surface area is 220 Å². The fourth-order valence-electron chi connectivity index (χ4n) is 5.20. The van der Waals surface area contributed by atoms with Crippen molar-refractivity contribution in [1.29, 1.82) is 5.26 Å². The summed E-state index contributed by atoms with van der Waals surface area (Å²) in [5.74, 6) is -1.62. The van der Waals surface area contributed by atoms with Crippen LogP contribution in [-0.4, -0.2) is 26.4 Å². The van der Waals surface area contributed by atoms with Gasteiger partial charge in [-0.2, -0.15) is 5.26 Å². The van der Waals surface area contributed by atoms with Gasteiger partial charge in [0.25, 0.3) is 11.2 Å². The van der Waals surface area contributed by atoms with Crippen molar-refractivity contribution in [2.75, 3.05) is 0 Å². The molecule has 2 aliphatic heterocycles. The molecule has 6 rings (SSSR count). The third kappa shape index (κ3) is 3.49. The van der Waals surface area contributed by atoms with Crippen LogP contribution in [0.15, 0.2) is 59.4 Å². The number of benzene rings is 2. The van der Waals surface area contributed by atoms with Gasteiger partial charge in [0.2, 0.25) is 5.60 Å². The normalized spacial score (nSPS) is 17.0. The summed E-state index contributed by atoms with van der Waals surface area (Å²) in [6, 6.07) is 15.6. The topological polar surface area (TPSA) is 154 Å². The van der Waals surface area contributed by atoms with Gasteiger partial charge in [-0.3, -0.25) is 14.9 Å². The summed E-state index contributed by atoms with van der Waals surface area (Å²) in [5, 5.41) is 20.9. The maximum absolute atomic E-state index is 13.6. The molecule has 0 spiro atoms. The summed E-state index contributed by atoms with van der Waals surface area (Å²) in [6.45, 7) is 1.48. The molecule has 0 unspecified atom stereocenters. The van der Waals surface area contributed by atoms with Crippen LogP contribution in [-0.2, 0) is 33.0 Å². The van der Waals surface area contributed by atoms with E-state index >= 15 is 0 Å². The second-order valence-electron chi connectivity index (χ2n) is 9.25. The number of cyclic esters (lactones) is 1. The Hall–Kier alpha value is -5.37. The number of rotatable bonds is 4. The minimum atomic E-state index is -1.88. The van der Waals surface area contributed by atoms with E-state index in [1.54, 1.807) is 25.1 Å². The van der Waals surface area contributed by atoms with Crippen LogP contribution in [0.25, 0.3) is 22.3 Å². The van der Waals surface area contributed by atoms with Gasteiger partial charge < -0.3 is 14.0 Å². The van der Waals surface area contributed by atoms with Crippen molar-refractivity contribution >= 4 is 28.5 Å². The van der Waals surface area contributed by atoms with Crippen molar-refractivity contribution < 1.29 is 24.0 Å². The van der Waals surface area contributed by atoms with E-state index in [2.05, 4.69) is 4.98 Å². The highest BCUT2D eigenvalue weighted by Gasteiger charge is 2.50. The Bertz CT molecular complexity index is 1850. The molecule has 2 aliphatic rings. The third-order valence-electron chi connectivity index (χ3n) is 7.21. The molecule has 0 saturated heterocycles. The quantitative estimate of drug-likeness (QED) is 0.195. The van der Waals surface area contributed by atoms with E-state index in [9.17, 15) is 24.5 Å². The first kappa shape index (κ1) is 24.0. The number of fused-ring (bicyclic) bond motifs is 5. The number of nitro benzene ring substituents is 1. The number of nitro groups is 1. The molecule has 1 atom stereocenters. The van der Waals surface area contributed by atoms with Crippen molar-refractivity contribution in [3.05, 3.63) is 103 Å². The molecule has 11 nitrogen and oxygen atoms in total. The highest BCUT2D eigenvalue weighted by atomic mass is 16.6. The zero-order valence-corrected chi connectivity index (χ0v) is 20.5. The number of nitriles is 1. The second-order valence-corrected chi connectivity index (χ2v) is 9.25. The number of carbonyl (C=O) groups is 2. The minimum Gasteiger partial charge on any atom is -0.457 e. The molecule has 2 aromatic carbocycles. The Morgan fingerprint density at radius 2 is 2.00 bits per heavy atom. The van der Waals surface area contributed by atoms with Crippen molar-refractivity contribution in [3.63, 3.8) is 0 Å². The Balaban J connectivity index is 1.50. The molecule has 0 aliphatic carbocycles. The van der Waals surface area contributed by atoms with Crippen LogP contribution in [0.4, 0.5) is 5.69 Å². The van der Waals surface area contributed by atoms with Crippen LogP contribution in [0.2, 0.25) is 0 Å². The predicted octanol–water partition coefficient (Wildman–Crippen LogP) is 3.72. The van der Waals surface area contributed by atoms with Crippen LogP contribution in [0.5, 0.6) is 0 Å². The van der Waals surface area contributed by atoms with Gasteiger partial charge in [0, 0.05) is 17.2 Å². The largest absolute Gasteiger partial charge is 0.457 e. The highest BCUT2D eigenvalue weighted by Crippen LogP contribution is 2.41. The lowest BCUT2D eigenvalue weighted by Crippen LogP contribution is -2.47. The van der Waals surface area contributed by atoms with Gasteiger partial charge in [-0.25, -0.2) is 14.6 Å². The SMILES string of the molecule is CC[C@@]1(OC(=O)c2ccc(C#N)cc2)C(=O)OCc2c1cc1n(c2=O)Cc2cc3c([N+](=O)[O-])cccc3nc2-1. The zero-order valence-electron chi connectivity index (χ0n) is 20.5. The Morgan fingerprint density at radius 1 is 1.23 bits per heavy atom. The molecule has 192 valence electrons. The van der Waals surface area contributed by atoms with E-state index in [0.29, 0.717) is 33.4 Å². The molecule has 4 heterocycles. The van der Waals surface area contributed by atoms with Gasteiger partial charge in [0.1, 0.15) is 6.61 Å². The van der Waals surface area contributed by atoms with E-state index in [1.165, 1.54) is 41.0 Å². The molecule has 0 radical (unpaired) electrons. The van der Waals surface area contributed by atoms with Gasteiger partial charge in [-0.1, -0.05) is 13.0 Å². The number of esters is 2. The lowest BCUT2D eigenvalue weighted by molar-refractivity contribution is -0.383. The Kier molecular flexibility index (Phi) is 5.29. The number of aromatic nitrogens is 2. The van der Waals surface area contributed by atoms with E-state index in [1.807, 2.05) is 6.07 Å². The molecule has 2 aromatic heterocycles. The smallest absolute Gasteiger partial charge is 0.355 e. The molecular weight excluding hydrogens is 504 g/mol. The first-order valence-corrected chi connectivity index (χ1v) is 12.0. The average molecular weight is 522 g/mol. The molecule has 0 amide bonds. The van der Waals surface area contributed by atoms with Gasteiger partial charge in [-0.05, 0) is 48.9 Å². The van der Waals surface area contributed by atoms with Crippen molar-refractivity contribution in [1.82, 2.24) is 9.55 Å². The summed E-state index contributed by atoms with van der Waals surface area (Å²) in [5.41, 5.74) is 0.314. The molecule has 11 heteroatoms. The van der Waals surface area contributed by atoms with E-state index in [-0.39, 0.29) is 42.0 Å². The number of ether oxygens (including phenoxy) is 2. The van der Waals surface area contributed by atoms with Crippen molar-refractivity contribution in [2.24, 2.45) is 0 Å². The third-order valence-corrected chi connectivity index (χ3v) is 7.21. The fourth-order valence-corrected chi connectivity index (χ4v) is 5.20. The molecule has 0 bridgehead atoms. The molecule has 0 saturated carbocycles. The molecule has 4 aromatic rings. The number of hydrogen-bond donors (Lipinski definition) is 0. The molecule has 0 fully saturated rings. The fraction of sp³-hybridized carbons (Fsp3) is 0.179. The molecular formula is C28H18N4O7. The minimum absolute atomic E-state index is 0.00601. The lowest BCUT2D eigenvalue weighted by atomic mass is 9.85. The average Bonchev–Trinajstić information content (AvgIpc) is 3.30. The summed E-state index contributed by atoms with van der Waals surface area (Å²) < 4.78 is 12.6. The predicted molar refractivity (Wildman–Crippen MR) is 136 cm³/mol. The summed E-state index contributed by atoms with van der Waals surface area (Å²) in [7, 11) is 0. The zero-order chi connectivity index (χ0) is 27.5. The van der Waals surface area contributed by atoms with Crippen LogP contribution in [0.1, 0.15) is 46.0 Å². The summed E-state index contributed by atoms with van der Waals surface area (Å²) >= 11 is 0. The number of carbonyl (C=O) groups excluding carboxylic acids is 2. The maximum Gasteiger partial charge on any atom is 0.355 e. The van der Waals surface area contributed by atoms with Gasteiger partial charge >= 0.3 is 11.9 Å². The summed E-state index contributed by atoms with van der Waals surface area (Å²) in [6.07, 6.45) is -0.00601. The standard InChI is InChI=1S/C28H18N4O7/c1-2-28(39-26(34)16-8-6-15(12-29)7-9-16)20-11-23-24-17(13-31(23)25(33)19(20)14-38-27(28)35)10-18-21(30-24)4-3-5-22(18)32(36)37/h3-11H,2,13-14H2,1H3/t28-/m0/s1. The first-order chi connectivity index (χ1) is 18.8.